The Hall–Kier alpha value is -3.66. The third-order valence-corrected chi connectivity index (χ3v) is 6.29. The summed E-state index contributed by atoms with van der Waals surface area (Å²) >= 11 is 1.13. The van der Waals surface area contributed by atoms with Crippen LogP contribution in [-0.4, -0.2) is 38.9 Å². The lowest BCUT2D eigenvalue weighted by molar-refractivity contribution is -0.116. The second kappa shape index (κ2) is 12.2. The van der Waals surface area contributed by atoms with E-state index in [-0.39, 0.29) is 22.7 Å². The molecule has 0 radical (unpaired) electrons. The van der Waals surface area contributed by atoms with Gasteiger partial charge in [-0.05, 0) is 56.7 Å². The smallest absolute Gasteiger partial charge is 0.278 e. The second-order valence-electron chi connectivity index (χ2n) is 7.72. The average molecular weight is 496 g/mol. The molecule has 9 nitrogen and oxygen atoms in total. The summed E-state index contributed by atoms with van der Waals surface area (Å²) in [5.41, 5.74) is 2.17. The molecule has 0 fully saturated rings. The Labute approximate surface area is 208 Å². The van der Waals surface area contributed by atoms with E-state index >= 15 is 0 Å². The number of H-pyrrole nitrogens is 1. The number of carbonyl (C=O) groups excluding carboxylic acids is 2. The van der Waals surface area contributed by atoms with Gasteiger partial charge in [0.2, 0.25) is 11.8 Å². The van der Waals surface area contributed by atoms with Crippen LogP contribution in [0.25, 0.3) is 11.3 Å². The van der Waals surface area contributed by atoms with Crippen molar-refractivity contribution in [2.24, 2.45) is 0 Å². The Kier molecular flexibility index (Phi) is 9.02. The van der Waals surface area contributed by atoms with E-state index in [0.717, 1.165) is 23.1 Å². The minimum Gasteiger partial charge on any atom is -0.494 e. The maximum atomic E-state index is 12.9. The van der Waals surface area contributed by atoms with Gasteiger partial charge in [-0.2, -0.15) is 0 Å². The van der Waals surface area contributed by atoms with Gasteiger partial charge in [-0.15, -0.1) is 10.2 Å². The first-order valence-electron chi connectivity index (χ1n) is 11.4. The number of rotatable bonds is 10. The first-order valence-corrected chi connectivity index (χ1v) is 12.3. The van der Waals surface area contributed by atoms with Crippen LogP contribution in [0.5, 0.6) is 5.75 Å². The van der Waals surface area contributed by atoms with Gasteiger partial charge < -0.3 is 15.4 Å². The highest BCUT2D eigenvalue weighted by atomic mass is 32.2. The lowest BCUT2D eigenvalue weighted by atomic mass is 10.1. The molecular formula is C25H29N5O4S. The van der Waals surface area contributed by atoms with E-state index in [1.165, 1.54) is 0 Å². The number of hydrogen-bond donors (Lipinski definition) is 3. The molecule has 0 aliphatic rings. The molecule has 0 spiro atoms. The third-order valence-electron chi connectivity index (χ3n) is 5.05. The summed E-state index contributed by atoms with van der Waals surface area (Å²) < 4.78 is 5.42. The Bertz CT molecular complexity index is 1240. The second-order valence-corrected chi connectivity index (χ2v) is 8.91. The zero-order valence-electron chi connectivity index (χ0n) is 20.2. The van der Waals surface area contributed by atoms with Crippen LogP contribution in [0.15, 0.2) is 52.4 Å². The van der Waals surface area contributed by atoms with Crippen molar-refractivity contribution in [3.05, 3.63) is 58.4 Å². The maximum Gasteiger partial charge on any atom is 0.278 e. The van der Waals surface area contributed by atoms with Crippen molar-refractivity contribution in [1.29, 1.82) is 0 Å². The number of nitrogens with one attached hydrogen (secondary N) is 3. The maximum absolute atomic E-state index is 12.9. The van der Waals surface area contributed by atoms with Crippen molar-refractivity contribution in [1.82, 2.24) is 15.2 Å². The number of aryl methyl sites for hydroxylation is 1. The molecule has 35 heavy (non-hydrogen) atoms. The van der Waals surface area contributed by atoms with Gasteiger partial charge >= 0.3 is 0 Å². The number of benzene rings is 2. The lowest BCUT2D eigenvalue weighted by Gasteiger charge is -2.14. The number of nitrogens with zero attached hydrogens (tertiary/aromatic N) is 2. The number of hydrogen-bond acceptors (Lipinski definition) is 7. The molecule has 1 unspecified atom stereocenters. The predicted molar refractivity (Wildman–Crippen MR) is 138 cm³/mol. The molecule has 184 valence electrons. The molecule has 0 saturated carbocycles. The Morgan fingerprint density at radius 2 is 1.80 bits per heavy atom. The molecule has 2 amide bonds. The van der Waals surface area contributed by atoms with Gasteiger partial charge in [0, 0.05) is 17.7 Å². The van der Waals surface area contributed by atoms with Crippen molar-refractivity contribution in [2.45, 2.75) is 50.9 Å². The third kappa shape index (κ3) is 6.92. The molecular weight excluding hydrogens is 466 g/mol. The highest BCUT2D eigenvalue weighted by Crippen LogP contribution is 2.27. The van der Waals surface area contributed by atoms with Gasteiger partial charge in [0.15, 0.2) is 10.9 Å². The summed E-state index contributed by atoms with van der Waals surface area (Å²) in [6.07, 6.45) is 0.826. The van der Waals surface area contributed by atoms with Crippen molar-refractivity contribution >= 4 is 35.0 Å². The van der Waals surface area contributed by atoms with E-state index in [0.29, 0.717) is 36.4 Å². The summed E-state index contributed by atoms with van der Waals surface area (Å²) in [4.78, 5) is 40.3. The molecule has 10 heteroatoms. The van der Waals surface area contributed by atoms with Crippen LogP contribution < -0.4 is 20.9 Å². The Morgan fingerprint density at radius 1 is 1.06 bits per heavy atom. The molecule has 1 aromatic heterocycles. The van der Waals surface area contributed by atoms with Crippen molar-refractivity contribution in [3.63, 3.8) is 0 Å². The highest BCUT2D eigenvalue weighted by molar-refractivity contribution is 8.00. The molecule has 0 saturated heterocycles. The molecule has 0 aliphatic heterocycles. The molecule has 1 heterocycles. The van der Waals surface area contributed by atoms with E-state index < -0.39 is 10.8 Å². The topological polar surface area (TPSA) is 126 Å². The van der Waals surface area contributed by atoms with E-state index in [2.05, 4.69) is 25.8 Å². The molecule has 1 atom stereocenters. The minimum absolute atomic E-state index is 0.0938. The Balaban J connectivity index is 1.76. The number of thioether (sulfide) groups is 1. The molecule has 3 aromatic rings. The Morgan fingerprint density at radius 3 is 2.43 bits per heavy atom. The molecule has 2 aromatic carbocycles. The van der Waals surface area contributed by atoms with Gasteiger partial charge in [0.1, 0.15) is 5.75 Å². The average Bonchev–Trinajstić information content (AvgIpc) is 2.85. The summed E-state index contributed by atoms with van der Waals surface area (Å²) in [7, 11) is 0. The van der Waals surface area contributed by atoms with E-state index in [1.807, 2.05) is 26.8 Å². The van der Waals surface area contributed by atoms with Crippen LogP contribution in [0, 0.1) is 6.92 Å². The first-order chi connectivity index (χ1) is 16.8. The molecule has 3 N–H and O–H groups in total. The summed E-state index contributed by atoms with van der Waals surface area (Å²) in [6, 6.07) is 12.5. The monoisotopic (exact) mass is 495 g/mol. The van der Waals surface area contributed by atoms with Gasteiger partial charge in [-0.1, -0.05) is 37.2 Å². The minimum atomic E-state index is -0.490. The van der Waals surface area contributed by atoms with E-state index in [4.69, 9.17) is 4.74 Å². The number of aromatic nitrogens is 3. The van der Waals surface area contributed by atoms with Crippen LogP contribution in [0.1, 0.15) is 39.2 Å². The number of ether oxygens (including phenoxy) is 1. The van der Waals surface area contributed by atoms with Crippen molar-refractivity contribution < 1.29 is 14.3 Å². The molecule has 0 bridgehead atoms. The van der Waals surface area contributed by atoms with Crippen LogP contribution in [0.2, 0.25) is 0 Å². The molecule has 0 aliphatic carbocycles. The zero-order chi connectivity index (χ0) is 25.4. The van der Waals surface area contributed by atoms with Crippen LogP contribution in [0.3, 0.4) is 0 Å². The fraction of sp³-hybridized carbons (Fsp3) is 0.320. The van der Waals surface area contributed by atoms with Crippen LogP contribution in [-0.2, 0) is 9.59 Å². The predicted octanol–water partition coefficient (Wildman–Crippen LogP) is 4.40. The van der Waals surface area contributed by atoms with Gasteiger partial charge in [-0.25, -0.2) is 0 Å². The summed E-state index contributed by atoms with van der Waals surface area (Å²) in [5.74, 6) is 0.346. The van der Waals surface area contributed by atoms with E-state index in [9.17, 15) is 14.4 Å². The van der Waals surface area contributed by atoms with Crippen molar-refractivity contribution in [2.75, 3.05) is 17.2 Å². The van der Waals surface area contributed by atoms with Crippen LogP contribution >= 0.6 is 11.8 Å². The quantitative estimate of drug-likeness (QED) is 0.356. The number of amides is 2. The zero-order valence-corrected chi connectivity index (χ0v) is 21.0. The number of aromatic amines is 1. The SMILES string of the molecule is CCOc1ccc(NC(=O)C(CC)Sc2nnc(-c3cc(C)ccc3NC(=O)CC)c(=O)[nH]2)cc1. The normalized spacial score (nSPS) is 11.5. The fourth-order valence-corrected chi connectivity index (χ4v) is 4.08. The van der Waals surface area contributed by atoms with Gasteiger partial charge in [0.25, 0.3) is 5.56 Å². The standard InChI is InChI=1S/C25H29N5O4S/c1-5-20(23(32)26-16-9-11-17(12-10-16)34-7-3)35-25-28-24(33)22(29-30-25)18-14-15(4)8-13-19(18)27-21(31)6-2/h8-14,20H,5-7H2,1-4H3,(H,26,32)(H,27,31)(H,28,30,33). The largest absolute Gasteiger partial charge is 0.494 e. The number of anilines is 2. The molecule has 3 rings (SSSR count). The van der Waals surface area contributed by atoms with Gasteiger partial charge in [-0.3, -0.25) is 19.4 Å². The number of carbonyl (C=O) groups is 2. The fourth-order valence-electron chi connectivity index (χ4n) is 3.23. The van der Waals surface area contributed by atoms with Crippen LogP contribution in [0.4, 0.5) is 11.4 Å². The highest BCUT2D eigenvalue weighted by Gasteiger charge is 2.21. The van der Waals surface area contributed by atoms with E-state index in [1.54, 1.807) is 43.3 Å². The van der Waals surface area contributed by atoms with Gasteiger partial charge in [0.05, 0.1) is 17.5 Å². The van der Waals surface area contributed by atoms with Crippen molar-refractivity contribution in [3.8, 4) is 17.0 Å². The first kappa shape index (κ1) is 26.0. The lowest BCUT2D eigenvalue weighted by Crippen LogP contribution is -2.25. The summed E-state index contributed by atoms with van der Waals surface area (Å²) in [6.45, 7) is 7.98. The summed E-state index contributed by atoms with van der Waals surface area (Å²) in [5, 5.41) is 13.7.